The van der Waals surface area contributed by atoms with Gasteiger partial charge in [-0.15, -0.1) is 0 Å². The molecule has 114 valence electrons. The number of carbonyl (C=O) groups is 2. The van der Waals surface area contributed by atoms with Crippen LogP contribution in [0, 0.1) is 0 Å². The molecule has 0 unspecified atom stereocenters. The van der Waals surface area contributed by atoms with Crippen LogP contribution in [0.4, 0.5) is 5.69 Å². The molecule has 2 N–H and O–H groups in total. The monoisotopic (exact) mass is 296 g/mol. The van der Waals surface area contributed by atoms with Gasteiger partial charge in [0.15, 0.2) is 0 Å². The summed E-state index contributed by atoms with van der Waals surface area (Å²) in [6.45, 7) is 2.05. The molecule has 4 heteroatoms. The molecule has 2 rings (SSSR count). The SMILES string of the molecule is CCc1ccc(NC(=O)CNC(=O)Cc2ccccc2)cc1. The van der Waals surface area contributed by atoms with E-state index in [1.165, 1.54) is 5.56 Å². The smallest absolute Gasteiger partial charge is 0.243 e. The van der Waals surface area contributed by atoms with E-state index in [1.54, 1.807) is 0 Å². The van der Waals surface area contributed by atoms with Crippen LogP contribution in [0.5, 0.6) is 0 Å². The fourth-order valence-electron chi connectivity index (χ4n) is 2.05. The maximum atomic E-state index is 11.8. The third-order valence-electron chi connectivity index (χ3n) is 3.30. The zero-order valence-electron chi connectivity index (χ0n) is 12.6. The van der Waals surface area contributed by atoms with Crippen molar-refractivity contribution in [2.24, 2.45) is 0 Å². The second-order valence-corrected chi connectivity index (χ2v) is 5.04. The first-order chi connectivity index (χ1) is 10.7. The zero-order valence-corrected chi connectivity index (χ0v) is 12.6. The van der Waals surface area contributed by atoms with Crippen LogP contribution in [-0.4, -0.2) is 18.4 Å². The van der Waals surface area contributed by atoms with Crippen molar-refractivity contribution in [2.45, 2.75) is 19.8 Å². The van der Waals surface area contributed by atoms with Gasteiger partial charge in [-0.05, 0) is 29.7 Å². The van der Waals surface area contributed by atoms with Gasteiger partial charge in [-0.25, -0.2) is 0 Å². The van der Waals surface area contributed by atoms with Crippen molar-refractivity contribution in [2.75, 3.05) is 11.9 Å². The number of hydrogen-bond donors (Lipinski definition) is 2. The minimum absolute atomic E-state index is 0.0266. The minimum atomic E-state index is -0.231. The standard InChI is InChI=1S/C18H20N2O2/c1-2-14-8-10-16(11-9-14)20-18(22)13-19-17(21)12-15-6-4-3-5-7-15/h3-11H,2,12-13H2,1H3,(H,19,21)(H,20,22). The Morgan fingerprint density at radius 1 is 0.864 bits per heavy atom. The molecule has 0 aliphatic carbocycles. The highest BCUT2D eigenvalue weighted by Crippen LogP contribution is 2.09. The first kappa shape index (κ1) is 15.8. The lowest BCUT2D eigenvalue weighted by Crippen LogP contribution is -2.33. The number of hydrogen-bond acceptors (Lipinski definition) is 2. The molecule has 0 aromatic heterocycles. The quantitative estimate of drug-likeness (QED) is 0.860. The second-order valence-electron chi connectivity index (χ2n) is 5.04. The third kappa shape index (κ3) is 5.05. The predicted octanol–water partition coefficient (Wildman–Crippen LogP) is 2.55. The van der Waals surface area contributed by atoms with E-state index in [2.05, 4.69) is 17.6 Å². The molecule has 0 saturated heterocycles. The second kappa shape index (κ2) is 7.98. The molecular formula is C18H20N2O2. The summed E-state index contributed by atoms with van der Waals surface area (Å²) in [4.78, 5) is 23.6. The highest BCUT2D eigenvalue weighted by molar-refractivity contribution is 5.94. The van der Waals surface area contributed by atoms with E-state index in [4.69, 9.17) is 0 Å². The van der Waals surface area contributed by atoms with Gasteiger partial charge in [0.1, 0.15) is 0 Å². The number of anilines is 1. The van der Waals surface area contributed by atoms with Crippen LogP contribution < -0.4 is 10.6 Å². The Kier molecular flexibility index (Phi) is 5.72. The molecule has 2 amide bonds. The van der Waals surface area contributed by atoms with Gasteiger partial charge in [0.2, 0.25) is 11.8 Å². The molecule has 0 bridgehead atoms. The molecule has 2 aromatic rings. The number of aryl methyl sites for hydroxylation is 1. The highest BCUT2D eigenvalue weighted by atomic mass is 16.2. The van der Waals surface area contributed by atoms with E-state index >= 15 is 0 Å². The van der Waals surface area contributed by atoms with Gasteiger partial charge in [0.25, 0.3) is 0 Å². The van der Waals surface area contributed by atoms with Crippen LogP contribution in [0.2, 0.25) is 0 Å². The number of rotatable bonds is 6. The molecule has 0 atom stereocenters. The average Bonchev–Trinajstić information content (AvgIpc) is 2.55. The highest BCUT2D eigenvalue weighted by Gasteiger charge is 2.06. The van der Waals surface area contributed by atoms with Crippen LogP contribution >= 0.6 is 0 Å². The molecule has 0 fully saturated rings. The summed E-state index contributed by atoms with van der Waals surface area (Å²) < 4.78 is 0. The van der Waals surface area contributed by atoms with Crippen molar-refractivity contribution in [3.8, 4) is 0 Å². The molecule has 0 saturated carbocycles. The minimum Gasteiger partial charge on any atom is -0.347 e. The predicted molar refractivity (Wildman–Crippen MR) is 87.6 cm³/mol. The Labute approximate surface area is 130 Å². The van der Waals surface area contributed by atoms with Gasteiger partial charge in [0.05, 0.1) is 13.0 Å². The van der Waals surface area contributed by atoms with Gasteiger partial charge in [-0.1, -0.05) is 49.4 Å². The zero-order chi connectivity index (χ0) is 15.8. The normalized spacial score (nSPS) is 10.0. The summed E-state index contributed by atoms with van der Waals surface area (Å²) in [5.74, 6) is -0.395. The largest absolute Gasteiger partial charge is 0.347 e. The summed E-state index contributed by atoms with van der Waals surface area (Å²) in [5, 5.41) is 5.38. The number of nitrogens with one attached hydrogen (secondary N) is 2. The summed E-state index contributed by atoms with van der Waals surface area (Å²) >= 11 is 0. The van der Waals surface area contributed by atoms with Crippen molar-refractivity contribution in [3.63, 3.8) is 0 Å². The molecule has 4 nitrogen and oxygen atoms in total. The van der Waals surface area contributed by atoms with Gasteiger partial charge in [-0.3, -0.25) is 9.59 Å². The molecule has 22 heavy (non-hydrogen) atoms. The summed E-state index contributed by atoms with van der Waals surface area (Å²) in [6, 6.07) is 17.1. The van der Waals surface area contributed by atoms with E-state index in [0.717, 1.165) is 17.7 Å². The van der Waals surface area contributed by atoms with Gasteiger partial charge in [-0.2, -0.15) is 0 Å². The van der Waals surface area contributed by atoms with Crippen LogP contribution in [0.1, 0.15) is 18.1 Å². The van der Waals surface area contributed by atoms with E-state index in [-0.39, 0.29) is 24.8 Å². The van der Waals surface area contributed by atoms with E-state index in [1.807, 2.05) is 54.6 Å². The fourth-order valence-corrected chi connectivity index (χ4v) is 2.05. The Morgan fingerprint density at radius 3 is 2.18 bits per heavy atom. The Hall–Kier alpha value is -2.62. The number of amides is 2. The van der Waals surface area contributed by atoms with E-state index in [0.29, 0.717) is 0 Å². The maximum Gasteiger partial charge on any atom is 0.243 e. The Bertz CT molecular complexity index is 621. The van der Waals surface area contributed by atoms with Crippen LogP contribution in [0.3, 0.4) is 0 Å². The van der Waals surface area contributed by atoms with E-state index < -0.39 is 0 Å². The average molecular weight is 296 g/mol. The molecule has 0 radical (unpaired) electrons. The molecular weight excluding hydrogens is 276 g/mol. The van der Waals surface area contributed by atoms with Crippen LogP contribution in [0.15, 0.2) is 54.6 Å². The van der Waals surface area contributed by atoms with Gasteiger partial charge >= 0.3 is 0 Å². The van der Waals surface area contributed by atoms with Crippen molar-refractivity contribution in [1.29, 1.82) is 0 Å². The maximum absolute atomic E-state index is 11.8. The van der Waals surface area contributed by atoms with Crippen molar-refractivity contribution in [3.05, 3.63) is 65.7 Å². The lowest BCUT2D eigenvalue weighted by molar-refractivity contribution is -0.123. The van der Waals surface area contributed by atoms with E-state index in [9.17, 15) is 9.59 Å². The van der Waals surface area contributed by atoms with Crippen LogP contribution in [0.25, 0.3) is 0 Å². The summed E-state index contributed by atoms with van der Waals surface area (Å²) in [5.41, 5.74) is 2.88. The lowest BCUT2D eigenvalue weighted by atomic mass is 10.1. The van der Waals surface area contributed by atoms with Gasteiger partial charge < -0.3 is 10.6 Å². The van der Waals surface area contributed by atoms with Crippen molar-refractivity contribution < 1.29 is 9.59 Å². The Balaban J connectivity index is 1.76. The van der Waals surface area contributed by atoms with Crippen LogP contribution in [-0.2, 0) is 22.4 Å². The Morgan fingerprint density at radius 2 is 1.55 bits per heavy atom. The fraction of sp³-hybridized carbons (Fsp3) is 0.222. The molecule has 0 aliphatic heterocycles. The topological polar surface area (TPSA) is 58.2 Å². The van der Waals surface area contributed by atoms with Gasteiger partial charge in [0, 0.05) is 5.69 Å². The molecule has 2 aromatic carbocycles. The number of benzene rings is 2. The first-order valence-electron chi connectivity index (χ1n) is 7.37. The molecule has 0 spiro atoms. The third-order valence-corrected chi connectivity index (χ3v) is 3.30. The lowest BCUT2D eigenvalue weighted by Gasteiger charge is -2.07. The summed E-state index contributed by atoms with van der Waals surface area (Å²) in [7, 11) is 0. The van der Waals surface area contributed by atoms with Crippen molar-refractivity contribution in [1.82, 2.24) is 5.32 Å². The van der Waals surface area contributed by atoms with Crippen molar-refractivity contribution >= 4 is 17.5 Å². The summed E-state index contributed by atoms with van der Waals surface area (Å²) in [6.07, 6.45) is 1.24. The molecule has 0 aliphatic rings. The number of carbonyl (C=O) groups excluding carboxylic acids is 2. The first-order valence-corrected chi connectivity index (χ1v) is 7.37. The molecule has 0 heterocycles.